The predicted octanol–water partition coefficient (Wildman–Crippen LogP) is 1.10. The van der Waals surface area contributed by atoms with Gasteiger partial charge in [-0.05, 0) is 30.7 Å². The Morgan fingerprint density at radius 3 is 2.12 bits per heavy atom. The van der Waals surface area contributed by atoms with E-state index < -0.39 is 0 Å². The maximum absolute atomic E-state index is 12.1. The van der Waals surface area contributed by atoms with Gasteiger partial charge in [-0.25, -0.2) is 0 Å². The third-order valence-electron chi connectivity index (χ3n) is 4.45. The normalized spacial score (nSPS) is 15.1. The Bertz CT molecular complexity index is 546. The van der Waals surface area contributed by atoms with Crippen LogP contribution in [0, 0.1) is 0 Å². The van der Waals surface area contributed by atoms with Crippen molar-refractivity contribution in [2.45, 2.75) is 19.4 Å². The third kappa shape index (κ3) is 4.99. The molecule has 0 unspecified atom stereocenters. The highest BCUT2D eigenvalue weighted by molar-refractivity contribution is 5.76. The Hall–Kier alpha value is -1.99. The van der Waals surface area contributed by atoms with Crippen LogP contribution in [0.4, 0.5) is 0 Å². The lowest BCUT2D eigenvalue weighted by molar-refractivity contribution is -0.133. The summed E-state index contributed by atoms with van der Waals surface area (Å²) in [6.07, 6.45) is 1.30. The van der Waals surface area contributed by atoms with E-state index in [2.05, 4.69) is 4.90 Å². The van der Waals surface area contributed by atoms with Crippen LogP contribution in [-0.2, 0) is 11.3 Å². The van der Waals surface area contributed by atoms with Crippen molar-refractivity contribution in [2.24, 2.45) is 5.73 Å². The second kappa shape index (κ2) is 9.48. The Morgan fingerprint density at radius 1 is 1.04 bits per heavy atom. The number of carbonyl (C=O) groups excluding carboxylic acids is 1. The lowest BCUT2D eigenvalue weighted by Gasteiger charge is -2.35. The first kappa shape index (κ1) is 19.3. The van der Waals surface area contributed by atoms with Crippen molar-refractivity contribution in [1.29, 1.82) is 0 Å². The molecule has 0 radical (unpaired) electrons. The molecule has 2 rings (SSSR count). The van der Waals surface area contributed by atoms with E-state index in [0.29, 0.717) is 30.2 Å². The van der Waals surface area contributed by atoms with Gasteiger partial charge in [-0.1, -0.05) is 0 Å². The first-order valence-corrected chi connectivity index (χ1v) is 8.62. The number of carbonyl (C=O) groups is 1. The number of piperazine rings is 1. The second-order valence-electron chi connectivity index (χ2n) is 6.08. The van der Waals surface area contributed by atoms with Crippen molar-refractivity contribution in [3.8, 4) is 17.2 Å². The first-order chi connectivity index (χ1) is 12.1. The van der Waals surface area contributed by atoms with Crippen LogP contribution in [0.15, 0.2) is 12.1 Å². The van der Waals surface area contributed by atoms with Crippen LogP contribution in [0.5, 0.6) is 17.2 Å². The smallest absolute Gasteiger partial charge is 0.222 e. The summed E-state index contributed by atoms with van der Waals surface area (Å²) in [6, 6.07) is 3.94. The second-order valence-corrected chi connectivity index (χ2v) is 6.08. The molecule has 1 aliphatic heterocycles. The van der Waals surface area contributed by atoms with E-state index in [-0.39, 0.29) is 5.91 Å². The summed E-state index contributed by atoms with van der Waals surface area (Å²) in [6.45, 7) is 4.56. The summed E-state index contributed by atoms with van der Waals surface area (Å²) in [5.41, 5.74) is 6.57. The van der Waals surface area contributed by atoms with Crippen molar-refractivity contribution in [1.82, 2.24) is 9.80 Å². The van der Waals surface area contributed by atoms with Crippen molar-refractivity contribution in [3.63, 3.8) is 0 Å². The van der Waals surface area contributed by atoms with E-state index in [9.17, 15) is 4.79 Å². The van der Waals surface area contributed by atoms with Gasteiger partial charge in [0.25, 0.3) is 0 Å². The minimum absolute atomic E-state index is 0.206. The quantitative estimate of drug-likeness (QED) is 0.756. The van der Waals surface area contributed by atoms with Crippen molar-refractivity contribution in [3.05, 3.63) is 17.7 Å². The molecule has 1 amide bonds. The van der Waals surface area contributed by atoms with Crippen LogP contribution in [0.25, 0.3) is 0 Å². The third-order valence-corrected chi connectivity index (χ3v) is 4.45. The first-order valence-electron chi connectivity index (χ1n) is 8.62. The lowest BCUT2D eigenvalue weighted by atomic mass is 10.1. The van der Waals surface area contributed by atoms with Crippen molar-refractivity contribution >= 4 is 5.91 Å². The number of hydrogen-bond acceptors (Lipinski definition) is 6. The molecule has 1 aromatic rings. The number of benzene rings is 1. The van der Waals surface area contributed by atoms with Gasteiger partial charge in [0.1, 0.15) is 0 Å². The molecule has 1 fully saturated rings. The minimum Gasteiger partial charge on any atom is -0.493 e. The fraction of sp³-hybridized carbons (Fsp3) is 0.611. The van der Waals surface area contributed by atoms with Crippen LogP contribution < -0.4 is 19.9 Å². The van der Waals surface area contributed by atoms with Gasteiger partial charge in [0.05, 0.1) is 21.3 Å². The number of methoxy groups -OCH3 is 3. The van der Waals surface area contributed by atoms with Gasteiger partial charge in [0, 0.05) is 39.1 Å². The molecule has 140 valence electrons. The zero-order chi connectivity index (χ0) is 18.2. The number of rotatable bonds is 8. The van der Waals surface area contributed by atoms with Gasteiger partial charge in [-0.3, -0.25) is 9.69 Å². The van der Waals surface area contributed by atoms with Crippen LogP contribution in [0.2, 0.25) is 0 Å². The molecule has 0 bridgehead atoms. The zero-order valence-electron chi connectivity index (χ0n) is 15.4. The van der Waals surface area contributed by atoms with Gasteiger partial charge in [-0.15, -0.1) is 0 Å². The van der Waals surface area contributed by atoms with Gasteiger partial charge < -0.3 is 24.8 Å². The summed E-state index contributed by atoms with van der Waals surface area (Å²) in [4.78, 5) is 16.3. The Labute approximate surface area is 149 Å². The Morgan fingerprint density at radius 2 is 1.64 bits per heavy atom. The molecule has 1 aliphatic rings. The molecule has 1 heterocycles. The standard InChI is InChI=1S/C18H29N3O4/c1-23-15-11-14(12-16(24-2)18(15)25-3)13-20-7-9-21(10-8-20)17(22)5-4-6-19/h11-12H,4-10,13,19H2,1-3H3. The number of amides is 1. The van der Waals surface area contributed by atoms with Crippen LogP contribution >= 0.6 is 0 Å². The molecule has 0 aromatic heterocycles. The van der Waals surface area contributed by atoms with E-state index in [1.165, 1.54) is 0 Å². The molecule has 25 heavy (non-hydrogen) atoms. The summed E-state index contributed by atoms with van der Waals surface area (Å²) in [7, 11) is 4.83. The van der Waals surface area contributed by atoms with Gasteiger partial charge in [0.2, 0.25) is 11.7 Å². The van der Waals surface area contributed by atoms with Crippen LogP contribution in [0.3, 0.4) is 0 Å². The highest BCUT2D eigenvalue weighted by Crippen LogP contribution is 2.38. The number of nitrogens with zero attached hydrogens (tertiary/aromatic N) is 2. The van der Waals surface area contributed by atoms with Crippen LogP contribution in [0.1, 0.15) is 18.4 Å². The van der Waals surface area contributed by atoms with Crippen LogP contribution in [-0.4, -0.2) is 69.8 Å². The Kier molecular flexibility index (Phi) is 7.33. The fourth-order valence-corrected chi connectivity index (χ4v) is 3.05. The molecule has 0 spiro atoms. The van der Waals surface area contributed by atoms with Gasteiger partial charge in [-0.2, -0.15) is 0 Å². The summed E-state index contributed by atoms with van der Waals surface area (Å²) >= 11 is 0. The molecule has 0 atom stereocenters. The van der Waals surface area contributed by atoms with E-state index in [4.69, 9.17) is 19.9 Å². The molecular weight excluding hydrogens is 322 g/mol. The van der Waals surface area contributed by atoms with Crippen molar-refractivity contribution in [2.75, 3.05) is 54.1 Å². The van der Waals surface area contributed by atoms with Gasteiger partial charge in [0.15, 0.2) is 11.5 Å². The zero-order valence-corrected chi connectivity index (χ0v) is 15.4. The predicted molar refractivity (Wildman–Crippen MR) is 96.2 cm³/mol. The SMILES string of the molecule is COc1cc(CN2CCN(C(=O)CCCN)CC2)cc(OC)c1OC. The van der Waals surface area contributed by atoms with E-state index in [1.54, 1.807) is 21.3 Å². The lowest BCUT2D eigenvalue weighted by Crippen LogP contribution is -2.48. The molecule has 0 saturated carbocycles. The number of nitrogens with two attached hydrogens (primary N) is 1. The number of ether oxygens (including phenoxy) is 3. The highest BCUT2D eigenvalue weighted by Gasteiger charge is 2.21. The fourth-order valence-electron chi connectivity index (χ4n) is 3.05. The largest absolute Gasteiger partial charge is 0.493 e. The summed E-state index contributed by atoms with van der Waals surface area (Å²) < 4.78 is 16.2. The van der Waals surface area contributed by atoms with E-state index in [1.807, 2.05) is 17.0 Å². The monoisotopic (exact) mass is 351 g/mol. The minimum atomic E-state index is 0.206. The summed E-state index contributed by atoms with van der Waals surface area (Å²) in [5, 5.41) is 0. The molecule has 1 saturated heterocycles. The molecular formula is C18H29N3O4. The summed E-state index contributed by atoms with van der Waals surface area (Å²) in [5.74, 6) is 2.13. The average molecular weight is 351 g/mol. The van der Waals surface area contributed by atoms with Gasteiger partial charge >= 0.3 is 0 Å². The van der Waals surface area contributed by atoms with Crippen molar-refractivity contribution < 1.29 is 19.0 Å². The molecule has 7 nitrogen and oxygen atoms in total. The maximum atomic E-state index is 12.1. The highest BCUT2D eigenvalue weighted by atomic mass is 16.5. The molecule has 2 N–H and O–H groups in total. The number of hydrogen-bond donors (Lipinski definition) is 1. The molecule has 7 heteroatoms. The van der Waals surface area contributed by atoms with E-state index in [0.717, 1.165) is 44.7 Å². The molecule has 1 aromatic carbocycles. The average Bonchev–Trinajstić information content (AvgIpc) is 2.65. The molecule has 0 aliphatic carbocycles. The topological polar surface area (TPSA) is 77.3 Å². The Balaban J connectivity index is 1.96. The van der Waals surface area contributed by atoms with E-state index >= 15 is 0 Å². The maximum Gasteiger partial charge on any atom is 0.222 e.